The van der Waals surface area contributed by atoms with Crippen LogP contribution < -0.4 is 5.32 Å². The molecule has 0 atom stereocenters. The quantitative estimate of drug-likeness (QED) is 0.757. The fraction of sp³-hybridized carbons (Fsp3) is 0.150. The number of hydrogen-bond donors (Lipinski definition) is 2. The molecule has 0 heterocycles. The molecule has 0 bridgehead atoms. The first-order valence-electron chi connectivity index (χ1n) is 7.72. The molecule has 1 amide bonds. The van der Waals surface area contributed by atoms with Crippen LogP contribution in [0.1, 0.15) is 11.1 Å². The first kappa shape index (κ1) is 15.3. The molecule has 3 rings (SSSR count). The zero-order valence-electron chi connectivity index (χ0n) is 12.8. The summed E-state index contributed by atoms with van der Waals surface area (Å²) in [6, 6.07) is 21.8. The van der Waals surface area contributed by atoms with Gasteiger partial charge in [-0.05, 0) is 40.5 Å². The van der Waals surface area contributed by atoms with Crippen LogP contribution in [0.5, 0.6) is 0 Å². The van der Waals surface area contributed by atoms with Crippen molar-refractivity contribution < 1.29 is 9.90 Å². The van der Waals surface area contributed by atoms with E-state index in [1.54, 1.807) is 0 Å². The second-order valence-corrected chi connectivity index (χ2v) is 5.58. The topological polar surface area (TPSA) is 49.3 Å². The summed E-state index contributed by atoms with van der Waals surface area (Å²) in [7, 11) is 0. The predicted molar refractivity (Wildman–Crippen MR) is 93.5 cm³/mol. The van der Waals surface area contributed by atoms with Crippen LogP contribution in [0.2, 0.25) is 0 Å². The number of anilines is 1. The van der Waals surface area contributed by atoms with Gasteiger partial charge in [0.05, 0.1) is 6.42 Å². The van der Waals surface area contributed by atoms with E-state index in [-0.39, 0.29) is 12.5 Å². The van der Waals surface area contributed by atoms with Gasteiger partial charge in [0.15, 0.2) is 0 Å². The van der Waals surface area contributed by atoms with Gasteiger partial charge in [-0.15, -0.1) is 0 Å². The number of aliphatic hydroxyl groups is 1. The summed E-state index contributed by atoms with van der Waals surface area (Å²) < 4.78 is 0. The Kier molecular flexibility index (Phi) is 4.69. The van der Waals surface area contributed by atoms with Crippen molar-refractivity contribution in [3.05, 3.63) is 77.9 Å². The molecule has 0 aliphatic rings. The molecule has 3 aromatic carbocycles. The highest BCUT2D eigenvalue weighted by molar-refractivity contribution is 5.93. The number of hydrogen-bond acceptors (Lipinski definition) is 2. The fourth-order valence-corrected chi connectivity index (χ4v) is 2.62. The van der Waals surface area contributed by atoms with Crippen molar-refractivity contribution in [2.45, 2.75) is 12.8 Å². The second kappa shape index (κ2) is 7.07. The van der Waals surface area contributed by atoms with E-state index in [4.69, 9.17) is 5.11 Å². The Morgan fingerprint density at radius 2 is 1.57 bits per heavy atom. The number of benzene rings is 3. The highest BCUT2D eigenvalue weighted by Gasteiger charge is 2.05. The molecule has 0 saturated heterocycles. The number of carbonyl (C=O) groups is 1. The van der Waals surface area contributed by atoms with Crippen LogP contribution in [0.15, 0.2) is 66.7 Å². The lowest BCUT2D eigenvalue weighted by Gasteiger charge is -2.07. The van der Waals surface area contributed by atoms with Crippen LogP contribution in [-0.2, 0) is 17.6 Å². The Hall–Kier alpha value is -2.65. The van der Waals surface area contributed by atoms with Gasteiger partial charge in [0.1, 0.15) is 0 Å². The maximum absolute atomic E-state index is 12.2. The molecule has 0 aliphatic heterocycles. The Morgan fingerprint density at radius 1 is 0.870 bits per heavy atom. The molecule has 0 saturated carbocycles. The molecule has 2 N–H and O–H groups in total. The number of aliphatic hydroxyl groups excluding tert-OH is 1. The monoisotopic (exact) mass is 305 g/mol. The lowest BCUT2D eigenvalue weighted by Crippen LogP contribution is -2.14. The van der Waals surface area contributed by atoms with Gasteiger partial charge >= 0.3 is 0 Å². The standard InChI is InChI=1S/C20H19NO2/c22-12-11-15-6-9-19(10-7-15)21-20(23)14-16-5-8-17-3-1-2-4-18(17)13-16/h1-10,13,22H,11-12,14H2,(H,21,23). The summed E-state index contributed by atoms with van der Waals surface area (Å²) in [5.74, 6) is -0.0322. The van der Waals surface area contributed by atoms with Crippen LogP contribution in [-0.4, -0.2) is 17.6 Å². The average molecular weight is 305 g/mol. The lowest BCUT2D eigenvalue weighted by molar-refractivity contribution is -0.115. The summed E-state index contributed by atoms with van der Waals surface area (Å²) in [6.07, 6.45) is 0.981. The molecule has 0 radical (unpaired) electrons. The molecule has 0 unspecified atom stereocenters. The zero-order chi connectivity index (χ0) is 16.1. The highest BCUT2D eigenvalue weighted by Crippen LogP contribution is 2.17. The van der Waals surface area contributed by atoms with Crippen LogP contribution in [0, 0.1) is 0 Å². The van der Waals surface area contributed by atoms with Crippen LogP contribution in [0.4, 0.5) is 5.69 Å². The van der Waals surface area contributed by atoms with Crippen molar-refractivity contribution in [1.29, 1.82) is 0 Å². The third kappa shape index (κ3) is 3.96. The number of carbonyl (C=O) groups excluding carboxylic acids is 1. The normalized spacial score (nSPS) is 10.7. The van der Waals surface area contributed by atoms with Gasteiger partial charge in [-0.25, -0.2) is 0 Å². The number of fused-ring (bicyclic) bond motifs is 1. The van der Waals surface area contributed by atoms with Gasteiger partial charge in [0.2, 0.25) is 5.91 Å². The first-order chi connectivity index (χ1) is 11.2. The van der Waals surface area contributed by atoms with E-state index in [9.17, 15) is 4.79 Å². The van der Waals surface area contributed by atoms with Crippen LogP contribution >= 0.6 is 0 Å². The minimum atomic E-state index is -0.0322. The SMILES string of the molecule is O=C(Cc1ccc2ccccc2c1)Nc1ccc(CCO)cc1. The molecule has 116 valence electrons. The minimum absolute atomic E-state index is 0.0322. The van der Waals surface area contributed by atoms with Gasteiger partial charge in [0, 0.05) is 12.3 Å². The number of nitrogens with one attached hydrogen (secondary N) is 1. The van der Waals surface area contributed by atoms with E-state index in [1.807, 2.05) is 48.5 Å². The molecule has 3 nitrogen and oxygen atoms in total. The summed E-state index contributed by atoms with van der Waals surface area (Å²) in [4.78, 5) is 12.2. The highest BCUT2D eigenvalue weighted by atomic mass is 16.2. The number of amides is 1. The molecule has 0 fully saturated rings. The fourth-order valence-electron chi connectivity index (χ4n) is 2.62. The van der Waals surface area contributed by atoms with E-state index in [1.165, 1.54) is 5.39 Å². The molecule has 0 aliphatic carbocycles. The zero-order valence-corrected chi connectivity index (χ0v) is 12.8. The van der Waals surface area contributed by atoms with Crippen molar-refractivity contribution in [1.82, 2.24) is 0 Å². The van der Waals surface area contributed by atoms with E-state index in [0.717, 1.165) is 22.2 Å². The lowest BCUT2D eigenvalue weighted by atomic mass is 10.0. The summed E-state index contributed by atoms with van der Waals surface area (Å²) >= 11 is 0. The van der Waals surface area contributed by atoms with E-state index < -0.39 is 0 Å². The van der Waals surface area contributed by atoms with E-state index in [0.29, 0.717) is 12.8 Å². The average Bonchev–Trinajstić information content (AvgIpc) is 2.57. The molecule has 3 aromatic rings. The maximum atomic E-state index is 12.2. The number of rotatable bonds is 5. The van der Waals surface area contributed by atoms with Crippen molar-refractivity contribution in [2.24, 2.45) is 0 Å². The van der Waals surface area contributed by atoms with Crippen LogP contribution in [0.25, 0.3) is 10.8 Å². The van der Waals surface area contributed by atoms with E-state index >= 15 is 0 Å². The molecule has 0 spiro atoms. The summed E-state index contributed by atoms with van der Waals surface area (Å²) in [5.41, 5.74) is 2.83. The Balaban J connectivity index is 1.65. The van der Waals surface area contributed by atoms with Gasteiger partial charge in [-0.1, -0.05) is 54.6 Å². The Morgan fingerprint density at radius 3 is 2.30 bits per heavy atom. The largest absolute Gasteiger partial charge is 0.396 e. The summed E-state index contributed by atoms with van der Waals surface area (Å²) in [5, 5.41) is 14.1. The molecular formula is C20H19NO2. The van der Waals surface area contributed by atoms with Gasteiger partial charge in [-0.2, -0.15) is 0 Å². The van der Waals surface area contributed by atoms with E-state index in [2.05, 4.69) is 23.5 Å². The molecule has 23 heavy (non-hydrogen) atoms. The third-order valence-corrected chi connectivity index (χ3v) is 3.82. The van der Waals surface area contributed by atoms with Crippen molar-refractivity contribution in [2.75, 3.05) is 11.9 Å². The second-order valence-electron chi connectivity index (χ2n) is 5.58. The van der Waals surface area contributed by atoms with Gasteiger partial charge in [0.25, 0.3) is 0 Å². The predicted octanol–water partition coefficient (Wildman–Crippen LogP) is 3.56. The van der Waals surface area contributed by atoms with Crippen molar-refractivity contribution in [3.63, 3.8) is 0 Å². The van der Waals surface area contributed by atoms with Gasteiger partial charge in [-0.3, -0.25) is 4.79 Å². The van der Waals surface area contributed by atoms with Crippen molar-refractivity contribution >= 4 is 22.4 Å². The maximum Gasteiger partial charge on any atom is 0.228 e. The minimum Gasteiger partial charge on any atom is -0.396 e. The first-order valence-corrected chi connectivity index (χ1v) is 7.72. The molecule has 3 heteroatoms. The van der Waals surface area contributed by atoms with Crippen molar-refractivity contribution in [3.8, 4) is 0 Å². The third-order valence-electron chi connectivity index (χ3n) is 3.82. The van der Waals surface area contributed by atoms with Crippen LogP contribution in [0.3, 0.4) is 0 Å². The molecule has 0 aromatic heterocycles. The van der Waals surface area contributed by atoms with Gasteiger partial charge < -0.3 is 10.4 Å². The smallest absolute Gasteiger partial charge is 0.228 e. The molecular weight excluding hydrogens is 286 g/mol. The Labute approximate surface area is 135 Å². The summed E-state index contributed by atoms with van der Waals surface area (Å²) in [6.45, 7) is 0.133. The Bertz CT molecular complexity index is 809.